The van der Waals surface area contributed by atoms with Crippen LogP contribution < -0.4 is 9.88 Å². The molecule has 2 N–H and O–H groups in total. The first-order chi connectivity index (χ1) is 9.86. The molecule has 0 spiro atoms. The van der Waals surface area contributed by atoms with Crippen molar-refractivity contribution in [3.63, 3.8) is 0 Å². The maximum atomic E-state index is 11.3. The van der Waals surface area contributed by atoms with E-state index >= 15 is 0 Å². The number of hydrogen-bond acceptors (Lipinski definition) is 5. The van der Waals surface area contributed by atoms with Gasteiger partial charge in [0.1, 0.15) is 12.4 Å². The number of methoxy groups -OCH3 is 1. The van der Waals surface area contributed by atoms with Crippen LogP contribution in [0.2, 0.25) is 0 Å². The normalized spacial score (nSPS) is 11.6. The SMILES string of the molecule is COCCCOCCOc1c(Br)cc(S(N)(=O)=O)cc1Br. The summed E-state index contributed by atoms with van der Waals surface area (Å²) in [4.78, 5) is 0.00409. The lowest BCUT2D eigenvalue weighted by Crippen LogP contribution is -2.13. The molecule has 0 aliphatic carbocycles. The van der Waals surface area contributed by atoms with Crippen molar-refractivity contribution in [3.8, 4) is 5.75 Å². The highest BCUT2D eigenvalue weighted by Crippen LogP contribution is 2.35. The van der Waals surface area contributed by atoms with Crippen molar-refractivity contribution < 1.29 is 22.6 Å². The van der Waals surface area contributed by atoms with E-state index in [1.165, 1.54) is 12.1 Å². The van der Waals surface area contributed by atoms with Gasteiger partial charge in [-0.15, -0.1) is 0 Å². The molecule has 120 valence electrons. The van der Waals surface area contributed by atoms with Crippen molar-refractivity contribution in [1.29, 1.82) is 0 Å². The van der Waals surface area contributed by atoms with Gasteiger partial charge in [-0.05, 0) is 50.4 Å². The summed E-state index contributed by atoms with van der Waals surface area (Å²) in [5.74, 6) is 0.503. The van der Waals surface area contributed by atoms with Crippen LogP contribution in [0.5, 0.6) is 5.75 Å². The van der Waals surface area contributed by atoms with Crippen molar-refractivity contribution in [2.45, 2.75) is 11.3 Å². The van der Waals surface area contributed by atoms with Crippen molar-refractivity contribution in [2.24, 2.45) is 5.14 Å². The van der Waals surface area contributed by atoms with Crippen LogP contribution in [0.1, 0.15) is 6.42 Å². The highest BCUT2D eigenvalue weighted by molar-refractivity contribution is 9.11. The minimum Gasteiger partial charge on any atom is -0.489 e. The molecular weight excluding hydrogens is 430 g/mol. The molecule has 0 aromatic heterocycles. The highest BCUT2D eigenvalue weighted by atomic mass is 79.9. The summed E-state index contributed by atoms with van der Waals surface area (Å²) in [7, 11) is -2.11. The Bertz CT molecular complexity index is 542. The standard InChI is InChI=1S/C12H17Br2NO5S/c1-18-3-2-4-19-5-6-20-12-10(13)7-9(8-11(12)14)21(15,16)17/h7-8H,2-6H2,1H3,(H2,15,16,17). The largest absolute Gasteiger partial charge is 0.489 e. The topological polar surface area (TPSA) is 87.8 Å². The summed E-state index contributed by atoms with van der Waals surface area (Å²) < 4.78 is 39.4. The molecule has 9 heteroatoms. The third-order valence-corrected chi connectivity index (χ3v) is 4.48. The van der Waals surface area contributed by atoms with E-state index < -0.39 is 10.0 Å². The van der Waals surface area contributed by atoms with E-state index in [0.717, 1.165) is 6.42 Å². The molecule has 0 atom stereocenters. The zero-order valence-corrected chi connectivity index (χ0v) is 15.5. The zero-order chi connectivity index (χ0) is 15.9. The second-order valence-electron chi connectivity index (χ2n) is 4.07. The first-order valence-corrected chi connectivity index (χ1v) is 9.21. The molecule has 1 rings (SSSR count). The Hall–Kier alpha value is -0.190. The fourth-order valence-electron chi connectivity index (χ4n) is 1.45. The van der Waals surface area contributed by atoms with Gasteiger partial charge >= 0.3 is 0 Å². The van der Waals surface area contributed by atoms with Crippen LogP contribution >= 0.6 is 31.9 Å². The van der Waals surface area contributed by atoms with Crippen LogP contribution in [0.4, 0.5) is 0 Å². The van der Waals surface area contributed by atoms with Gasteiger partial charge in [-0.3, -0.25) is 0 Å². The van der Waals surface area contributed by atoms with Crippen LogP contribution in [0.25, 0.3) is 0 Å². The predicted octanol–water partition coefficient (Wildman–Crippen LogP) is 2.29. The summed E-state index contributed by atoms with van der Waals surface area (Å²) in [5.41, 5.74) is 0. The van der Waals surface area contributed by atoms with Gasteiger partial charge in [0.2, 0.25) is 10.0 Å². The molecule has 1 aromatic rings. The van der Waals surface area contributed by atoms with Crippen LogP contribution in [-0.2, 0) is 19.5 Å². The number of hydrogen-bond donors (Lipinski definition) is 1. The molecule has 0 aliphatic heterocycles. The van der Waals surface area contributed by atoms with Gasteiger partial charge in [0, 0.05) is 20.3 Å². The first-order valence-electron chi connectivity index (χ1n) is 6.07. The Morgan fingerprint density at radius 1 is 1.10 bits per heavy atom. The molecule has 0 bridgehead atoms. The maximum absolute atomic E-state index is 11.3. The van der Waals surface area contributed by atoms with Crippen LogP contribution in [-0.4, -0.2) is 42.0 Å². The summed E-state index contributed by atoms with van der Waals surface area (Å²) in [5, 5.41) is 5.08. The van der Waals surface area contributed by atoms with Gasteiger partial charge < -0.3 is 14.2 Å². The molecule has 0 saturated heterocycles. The molecule has 0 radical (unpaired) electrons. The zero-order valence-electron chi connectivity index (χ0n) is 11.5. The number of sulfonamides is 1. The van der Waals surface area contributed by atoms with Crippen molar-refractivity contribution in [3.05, 3.63) is 21.1 Å². The monoisotopic (exact) mass is 445 g/mol. The number of nitrogens with two attached hydrogens (primary N) is 1. The van der Waals surface area contributed by atoms with Gasteiger partial charge in [0.05, 0.1) is 20.4 Å². The van der Waals surface area contributed by atoms with Crippen molar-refractivity contribution >= 4 is 41.9 Å². The summed E-state index contributed by atoms with van der Waals surface area (Å²) in [6.07, 6.45) is 0.826. The van der Waals surface area contributed by atoms with Crippen LogP contribution in [0.15, 0.2) is 26.0 Å². The van der Waals surface area contributed by atoms with E-state index in [1.807, 2.05) is 0 Å². The highest BCUT2D eigenvalue weighted by Gasteiger charge is 2.15. The molecule has 0 amide bonds. The van der Waals surface area contributed by atoms with Crippen molar-refractivity contribution in [2.75, 3.05) is 33.5 Å². The van der Waals surface area contributed by atoms with E-state index in [2.05, 4.69) is 31.9 Å². The van der Waals surface area contributed by atoms with Crippen molar-refractivity contribution in [1.82, 2.24) is 0 Å². The lowest BCUT2D eigenvalue weighted by atomic mass is 10.3. The fraction of sp³-hybridized carbons (Fsp3) is 0.500. The van der Waals surface area contributed by atoms with Crippen LogP contribution in [0, 0.1) is 0 Å². The average Bonchev–Trinajstić information content (AvgIpc) is 2.39. The third kappa shape index (κ3) is 6.62. The van der Waals surface area contributed by atoms with E-state index in [4.69, 9.17) is 19.3 Å². The molecule has 0 fully saturated rings. The quantitative estimate of drug-likeness (QED) is 0.588. The minimum absolute atomic E-state index is 0.00409. The summed E-state index contributed by atoms with van der Waals surface area (Å²) >= 11 is 6.52. The Morgan fingerprint density at radius 2 is 1.71 bits per heavy atom. The second-order valence-corrected chi connectivity index (χ2v) is 7.34. The second kappa shape index (κ2) is 9.06. The molecular formula is C12H17Br2NO5S. The minimum atomic E-state index is -3.75. The Kier molecular flexibility index (Phi) is 8.14. The number of benzene rings is 1. The average molecular weight is 447 g/mol. The molecule has 1 aromatic carbocycles. The lowest BCUT2D eigenvalue weighted by molar-refractivity contribution is 0.0803. The molecule has 0 aliphatic rings. The molecule has 21 heavy (non-hydrogen) atoms. The maximum Gasteiger partial charge on any atom is 0.238 e. The number of primary sulfonamides is 1. The Balaban J connectivity index is 2.53. The smallest absolute Gasteiger partial charge is 0.238 e. The van der Waals surface area contributed by atoms with E-state index in [1.54, 1.807) is 7.11 Å². The predicted molar refractivity (Wildman–Crippen MR) is 86.0 cm³/mol. The van der Waals surface area contributed by atoms with E-state index in [9.17, 15) is 8.42 Å². The van der Waals surface area contributed by atoms with Crippen LogP contribution in [0.3, 0.4) is 0 Å². The fourth-order valence-corrected chi connectivity index (χ4v) is 3.73. The van der Waals surface area contributed by atoms with Gasteiger partial charge in [-0.2, -0.15) is 0 Å². The van der Waals surface area contributed by atoms with Gasteiger partial charge in [0.15, 0.2) is 0 Å². The molecule has 6 nitrogen and oxygen atoms in total. The molecule has 0 unspecified atom stereocenters. The number of ether oxygens (including phenoxy) is 3. The van der Waals surface area contributed by atoms with E-state index in [-0.39, 0.29) is 4.90 Å². The Labute approximate surface area is 141 Å². The number of rotatable bonds is 9. The van der Waals surface area contributed by atoms with Gasteiger partial charge in [-0.1, -0.05) is 0 Å². The first kappa shape index (κ1) is 18.9. The molecule has 0 heterocycles. The number of halogens is 2. The Morgan fingerprint density at radius 3 is 2.24 bits per heavy atom. The van der Waals surface area contributed by atoms with Gasteiger partial charge in [0.25, 0.3) is 0 Å². The van der Waals surface area contributed by atoms with Gasteiger partial charge in [-0.25, -0.2) is 13.6 Å². The van der Waals surface area contributed by atoms with E-state index in [0.29, 0.717) is 41.1 Å². The summed E-state index contributed by atoms with van der Waals surface area (Å²) in [6.45, 7) is 2.04. The third-order valence-electron chi connectivity index (χ3n) is 2.41. The summed E-state index contributed by atoms with van der Waals surface area (Å²) in [6, 6.07) is 2.80. The lowest BCUT2D eigenvalue weighted by Gasteiger charge is -2.12. The molecule has 0 saturated carbocycles.